The van der Waals surface area contributed by atoms with Crippen molar-refractivity contribution < 1.29 is 0 Å². The molecule has 0 spiro atoms. The van der Waals surface area contributed by atoms with Crippen molar-refractivity contribution in [3.05, 3.63) is 169 Å². The molecule has 4 aromatic heterocycles. The number of thiophene rings is 1. The number of benzene rings is 7. The maximum atomic E-state index is 5.43. The van der Waals surface area contributed by atoms with Crippen molar-refractivity contribution in [2.45, 2.75) is 19.3 Å². The van der Waals surface area contributed by atoms with E-state index in [1.165, 1.54) is 64.3 Å². The number of nitrogens with zero attached hydrogens (tertiary/aromatic N) is 4. The van der Waals surface area contributed by atoms with Crippen LogP contribution in [-0.4, -0.2) is 19.1 Å². The first-order chi connectivity index (χ1) is 26.5. The van der Waals surface area contributed by atoms with E-state index in [0.717, 1.165) is 44.8 Å². The lowest BCUT2D eigenvalue weighted by Gasteiger charge is -2.34. The summed E-state index contributed by atoms with van der Waals surface area (Å²) in [5.41, 5.74) is 12.5. The molecule has 54 heavy (non-hydrogen) atoms. The number of para-hydroxylation sites is 4. The maximum absolute atomic E-state index is 5.43. The molecule has 0 unspecified atom stereocenters. The molecule has 5 heterocycles. The van der Waals surface area contributed by atoms with E-state index < -0.39 is 0 Å². The smallest absolute Gasteiger partial charge is 0.160 e. The third-order valence-corrected chi connectivity index (χ3v) is 12.9. The Hall–Kier alpha value is -6.56. The van der Waals surface area contributed by atoms with Crippen molar-refractivity contribution in [1.29, 1.82) is 0 Å². The number of aromatic nitrogens is 4. The average Bonchev–Trinajstić information content (AvgIpc) is 3.87. The quantitative estimate of drug-likeness (QED) is 0.183. The summed E-state index contributed by atoms with van der Waals surface area (Å²) in [5.74, 6) is 0.723. The standard InChI is InChI=1S/C49H32N4S/c1-49(2)37-25-23-29(28-42(37)53-46-35(18-12-19-38(46)49)44-34-17-8-11-22-43(34)54-48(44)53)45-33-16-6-9-20-39(33)50-47(51-45)30-24-26-41-36(27-30)32-15-7-10-21-40(32)52(41)31-13-4-3-5-14-31/h3-28H,1-2H3. The molecule has 11 aromatic rings. The molecule has 1 aliphatic rings. The molecule has 0 radical (unpaired) electrons. The molecule has 0 saturated carbocycles. The van der Waals surface area contributed by atoms with E-state index in [4.69, 9.17) is 9.97 Å². The molecule has 4 nitrogen and oxygen atoms in total. The van der Waals surface area contributed by atoms with Crippen molar-refractivity contribution in [3.8, 4) is 34.0 Å². The lowest BCUT2D eigenvalue weighted by molar-refractivity contribution is 0.630. The van der Waals surface area contributed by atoms with E-state index in [2.05, 4.69) is 181 Å². The molecular weight excluding hydrogens is 677 g/mol. The van der Waals surface area contributed by atoms with Crippen LogP contribution in [0.2, 0.25) is 0 Å². The van der Waals surface area contributed by atoms with Gasteiger partial charge in [0.2, 0.25) is 0 Å². The van der Waals surface area contributed by atoms with Crippen molar-refractivity contribution >= 4 is 75.3 Å². The Balaban J connectivity index is 1.10. The fourth-order valence-electron chi connectivity index (χ4n) is 9.20. The van der Waals surface area contributed by atoms with Gasteiger partial charge in [-0.1, -0.05) is 117 Å². The van der Waals surface area contributed by atoms with Gasteiger partial charge in [-0.15, -0.1) is 11.3 Å². The summed E-state index contributed by atoms with van der Waals surface area (Å²) in [6.07, 6.45) is 0. The minimum atomic E-state index is -0.174. The Morgan fingerprint density at radius 3 is 2.13 bits per heavy atom. The summed E-state index contributed by atoms with van der Waals surface area (Å²) in [5, 5.41) is 7.43. The number of hydrogen-bond acceptors (Lipinski definition) is 3. The van der Waals surface area contributed by atoms with E-state index in [-0.39, 0.29) is 5.41 Å². The van der Waals surface area contributed by atoms with Crippen molar-refractivity contribution in [3.63, 3.8) is 0 Å². The summed E-state index contributed by atoms with van der Waals surface area (Å²) in [6.45, 7) is 4.73. The van der Waals surface area contributed by atoms with Crippen molar-refractivity contribution in [2.75, 3.05) is 0 Å². The van der Waals surface area contributed by atoms with Gasteiger partial charge in [0.25, 0.3) is 0 Å². The van der Waals surface area contributed by atoms with Gasteiger partial charge in [-0.25, -0.2) is 9.97 Å². The van der Waals surface area contributed by atoms with E-state index in [0.29, 0.717) is 0 Å². The molecule has 0 atom stereocenters. The first-order valence-corrected chi connectivity index (χ1v) is 19.3. The Labute approximate surface area is 315 Å². The normalized spacial score (nSPS) is 13.5. The number of fused-ring (bicyclic) bond motifs is 11. The van der Waals surface area contributed by atoms with Crippen LogP contribution in [0.3, 0.4) is 0 Å². The second-order valence-electron chi connectivity index (χ2n) is 15.0. The summed E-state index contributed by atoms with van der Waals surface area (Å²) >= 11 is 1.89. The van der Waals surface area contributed by atoms with E-state index in [1.54, 1.807) is 0 Å². The monoisotopic (exact) mass is 708 g/mol. The molecule has 7 aromatic carbocycles. The minimum absolute atomic E-state index is 0.174. The van der Waals surface area contributed by atoms with E-state index >= 15 is 0 Å². The van der Waals surface area contributed by atoms with Gasteiger partial charge in [0.05, 0.1) is 33.4 Å². The molecule has 0 amide bonds. The molecular formula is C49H32N4S. The topological polar surface area (TPSA) is 35.6 Å². The molecule has 0 bridgehead atoms. The zero-order valence-corrected chi connectivity index (χ0v) is 30.5. The van der Waals surface area contributed by atoms with Crippen LogP contribution in [0.5, 0.6) is 0 Å². The zero-order valence-electron chi connectivity index (χ0n) is 29.7. The largest absolute Gasteiger partial charge is 0.309 e. The van der Waals surface area contributed by atoms with Crippen LogP contribution in [-0.2, 0) is 5.41 Å². The van der Waals surface area contributed by atoms with Crippen LogP contribution >= 0.6 is 11.3 Å². The van der Waals surface area contributed by atoms with Crippen LogP contribution in [0.4, 0.5) is 0 Å². The van der Waals surface area contributed by atoms with Crippen LogP contribution in [0.15, 0.2) is 158 Å². The maximum Gasteiger partial charge on any atom is 0.160 e. The Morgan fingerprint density at radius 2 is 1.24 bits per heavy atom. The van der Waals surface area contributed by atoms with Gasteiger partial charge in [-0.3, -0.25) is 0 Å². The fourth-order valence-corrected chi connectivity index (χ4v) is 10.4. The highest BCUT2D eigenvalue weighted by molar-refractivity contribution is 7.25. The summed E-state index contributed by atoms with van der Waals surface area (Å²) in [7, 11) is 0. The molecule has 254 valence electrons. The number of rotatable bonds is 3. The van der Waals surface area contributed by atoms with Gasteiger partial charge >= 0.3 is 0 Å². The lowest BCUT2D eigenvalue weighted by Crippen LogP contribution is -2.26. The van der Waals surface area contributed by atoms with E-state index in [9.17, 15) is 0 Å². The SMILES string of the molecule is CC1(C)c2ccc(-c3nc(-c4ccc5c(c4)c4ccccc4n5-c4ccccc4)nc4ccccc34)cc2-n2c3sc4ccccc4c3c3cccc1c32. The van der Waals surface area contributed by atoms with Gasteiger partial charge in [0, 0.05) is 59.2 Å². The Morgan fingerprint density at radius 1 is 0.519 bits per heavy atom. The van der Waals surface area contributed by atoms with Crippen molar-refractivity contribution in [1.82, 2.24) is 19.1 Å². The van der Waals surface area contributed by atoms with E-state index in [1.807, 2.05) is 11.3 Å². The predicted molar refractivity (Wildman–Crippen MR) is 227 cm³/mol. The highest BCUT2D eigenvalue weighted by atomic mass is 32.1. The Bertz CT molecular complexity index is 3360. The highest BCUT2D eigenvalue weighted by Gasteiger charge is 2.36. The average molecular weight is 709 g/mol. The van der Waals surface area contributed by atoms with Gasteiger partial charge in [-0.2, -0.15) is 0 Å². The van der Waals surface area contributed by atoms with Crippen LogP contribution in [0.25, 0.3) is 97.9 Å². The lowest BCUT2D eigenvalue weighted by atomic mass is 9.74. The summed E-state index contributed by atoms with van der Waals surface area (Å²) < 4.78 is 6.20. The third kappa shape index (κ3) is 3.97. The van der Waals surface area contributed by atoms with Gasteiger partial charge in [0.15, 0.2) is 5.82 Å². The van der Waals surface area contributed by atoms with Crippen LogP contribution in [0.1, 0.15) is 25.0 Å². The van der Waals surface area contributed by atoms with Gasteiger partial charge in [0.1, 0.15) is 4.83 Å². The minimum Gasteiger partial charge on any atom is -0.309 e. The summed E-state index contributed by atoms with van der Waals surface area (Å²) in [4.78, 5) is 11.9. The third-order valence-electron chi connectivity index (χ3n) is 11.7. The highest BCUT2D eigenvalue weighted by Crippen LogP contribution is 2.51. The summed E-state index contributed by atoms with van der Waals surface area (Å²) in [6, 6.07) is 57.0. The molecule has 12 rings (SSSR count). The van der Waals surface area contributed by atoms with Gasteiger partial charge < -0.3 is 9.13 Å². The molecule has 0 saturated heterocycles. The molecule has 5 heteroatoms. The molecule has 0 N–H and O–H groups in total. The van der Waals surface area contributed by atoms with Crippen LogP contribution < -0.4 is 0 Å². The first-order valence-electron chi connectivity index (χ1n) is 18.5. The zero-order chi connectivity index (χ0) is 35.7. The molecule has 1 aliphatic heterocycles. The first kappa shape index (κ1) is 30.0. The van der Waals surface area contributed by atoms with Gasteiger partial charge in [-0.05, 0) is 65.7 Å². The Kier molecular flexibility index (Phi) is 5.96. The second kappa shape index (κ2) is 10.8. The molecule has 0 aliphatic carbocycles. The second-order valence-corrected chi connectivity index (χ2v) is 16.0. The molecule has 0 fully saturated rings. The van der Waals surface area contributed by atoms with Crippen molar-refractivity contribution in [2.24, 2.45) is 0 Å². The number of hydrogen-bond donors (Lipinski definition) is 0. The fraction of sp³-hybridized carbons (Fsp3) is 0.0612. The van der Waals surface area contributed by atoms with Crippen LogP contribution in [0, 0.1) is 0 Å². The predicted octanol–water partition coefficient (Wildman–Crippen LogP) is 13.0.